The van der Waals surface area contributed by atoms with Crippen molar-refractivity contribution in [2.75, 3.05) is 42.6 Å². The fourth-order valence-electron chi connectivity index (χ4n) is 3.91. The summed E-state index contributed by atoms with van der Waals surface area (Å²) in [6, 6.07) is 15.1. The van der Waals surface area contributed by atoms with Gasteiger partial charge in [0.25, 0.3) is 0 Å². The molecule has 8 nitrogen and oxygen atoms in total. The Morgan fingerprint density at radius 1 is 1.03 bits per heavy atom. The van der Waals surface area contributed by atoms with Crippen LogP contribution in [0.1, 0.15) is 5.56 Å². The molecule has 0 bridgehead atoms. The van der Waals surface area contributed by atoms with Crippen LogP contribution in [0, 0.1) is 0 Å². The van der Waals surface area contributed by atoms with E-state index in [-0.39, 0.29) is 5.75 Å². The minimum absolute atomic E-state index is 0.232. The Morgan fingerprint density at radius 2 is 1.69 bits per heavy atom. The van der Waals surface area contributed by atoms with Gasteiger partial charge < -0.3 is 24.7 Å². The minimum atomic E-state index is -5.08. The molecule has 5 rings (SSSR count). The lowest BCUT2D eigenvalue weighted by Gasteiger charge is -2.28. The second-order valence-corrected chi connectivity index (χ2v) is 8.44. The molecule has 36 heavy (non-hydrogen) atoms. The van der Waals surface area contributed by atoms with Gasteiger partial charge in [-0.1, -0.05) is 23.7 Å². The molecular formula is C24H22ClF3N4O4. The molecule has 2 N–H and O–H groups in total. The third kappa shape index (κ3) is 5.80. The number of anilines is 3. The largest absolute Gasteiger partial charge is 0.508 e. The number of morpholine rings is 1. The van der Waals surface area contributed by atoms with Crippen LogP contribution in [0.5, 0.6) is 5.75 Å². The summed E-state index contributed by atoms with van der Waals surface area (Å²) in [5.74, 6) is -0.906. The molecule has 12 heteroatoms. The summed E-state index contributed by atoms with van der Waals surface area (Å²) in [5.41, 5.74) is 3.93. The van der Waals surface area contributed by atoms with Crippen molar-refractivity contribution in [2.45, 2.75) is 12.6 Å². The summed E-state index contributed by atoms with van der Waals surface area (Å²) >= 11 is 6.08. The zero-order valence-corrected chi connectivity index (χ0v) is 19.6. The molecule has 0 amide bonds. The number of rotatable bonds is 3. The lowest BCUT2D eigenvalue weighted by atomic mass is 10.1. The number of aliphatic carboxylic acids is 1. The Kier molecular flexibility index (Phi) is 7.51. The molecule has 1 saturated heterocycles. The molecule has 0 aliphatic carbocycles. The van der Waals surface area contributed by atoms with Crippen LogP contribution in [0.2, 0.25) is 5.02 Å². The zero-order valence-electron chi connectivity index (χ0n) is 18.9. The van der Waals surface area contributed by atoms with Crippen molar-refractivity contribution in [3.8, 4) is 17.0 Å². The molecule has 3 heterocycles. The van der Waals surface area contributed by atoms with Gasteiger partial charge in [0.15, 0.2) is 0 Å². The van der Waals surface area contributed by atoms with E-state index in [0.29, 0.717) is 24.2 Å². The van der Waals surface area contributed by atoms with E-state index in [1.165, 1.54) is 0 Å². The van der Waals surface area contributed by atoms with E-state index >= 15 is 0 Å². The van der Waals surface area contributed by atoms with E-state index in [4.69, 9.17) is 36.2 Å². The number of aromatic hydroxyl groups is 1. The maximum Gasteiger partial charge on any atom is 0.490 e. The van der Waals surface area contributed by atoms with Crippen LogP contribution in [0.25, 0.3) is 11.3 Å². The number of halogens is 4. The summed E-state index contributed by atoms with van der Waals surface area (Å²) in [5, 5.41) is 17.8. The lowest BCUT2D eigenvalue weighted by molar-refractivity contribution is -0.192. The fraction of sp³-hybridized carbons (Fsp3) is 0.292. The number of hydrogen-bond donors (Lipinski definition) is 2. The maximum absolute atomic E-state index is 10.6. The summed E-state index contributed by atoms with van der Waals surface area (Å²) in [6.45, 7) is 3.69. The van der Waals surface area contributed by atoms with E-state index in [1.807, 2.05) is 36.4 Å². The molecule has 190 valence electrons. The highest BCUT2D eigenvalue weighted by Gasteiger charge is 2.38. The molecule has 2 aliphatic heterocycles. The molecule has 0 unspecified atom stereocenters. The van der Waals surface area contributed by atoms with E-state index in [9.17, 15) is 18.3 Å². The number of benzene rings is 2. The number of phenols is 1. The molecule has 3 aromatic rings. The Bertz CT molecular complexity index is 1240. The number of aromatic nitrogens is 2. The SMILES string of the molecule is O=C(O)C(F)(F)F.Oc1cccc(-c2nc(N3CCOCC3)nc3c2CCN3c2ccc(Cl)cc2)c1. The smallest absolute Gasteiger partial charge is 0.490 e. The number of carboxylic acids is 1. The van der Waals surface area contributed by atoms with Crippen molar-refractivity contribution in [1.29, 1.82) is 0 Å². The van der Waals surface area contributed by atoms with E-state index < -0.39 is 12.1 Å². The predicted molar refractivity (Wildman–Crippen MR) is 128 cm³/mol. The Labute approximate surface area is 209 Å². The number of hydrogen-bond acceptors (Lipinski definition) is 7. The highest BCUT2D eigenvalue weighted by Crippen LogP contribution is 2.40. The first-order valence-corrected chi connectivity index (χ1v) is 11.4. The first-order valence-electron chi connectivity index (χ1n) is 11.0. The maximum atomic E-state index is 10.6. The third-order valence-electron chi connectivity index (χ3n) is 5.61. The second-order valence-electron chi connectivity index (χ2n) is 8.01. The van der Waals surface area contributed by atoms with Gasteiger partial charge in [0, 0.05) is 41.5 Å². The molecule has 0 saturated carbocycles. The summed E-state index contributed by atoms with van der Waals surface area (Å²) in [6.07, 6.45) is -4.24. The van der Waals surface area contributed by atoms with Crippen LogP contribution < -0.4 is 9.80 Å². The first-order chi connectivity index (χ1) is 17.1. The minimum Gasteiger partial charge on any atom is -0.508 e. The van der Waals surface area contributed by atoms with Gasteiger partial charge >= 0.3 is 12.1 Å². The highest BCUT2D eigenvalue weighted by atomic mass is 35.5. The second kappa shape index (κ2) is 10.6. The quantitative estimate of drug-likeness (QED) is 0.512. The molecule has 1 fully saturated rings. The van der Waals surface area contributed by atoms with Gasteiger partial charge in [-0.05, 0) is 42.8 Å². The van der Waals surface area contributed by atoms with Crippen molar-refractivity contribution in [1.82, 2.24) is 9.97 Å². The zero-order chi connectivity index (χ0) is 25.9. The lowest BCUT2D eigenvalue weighted by Crippen LogP contribution is -2.37. The number of phenolic OH excluding ortho intramolecular Hbond substituents is 1. The monoisotopic (exact) mass is 522 g/mol. The first kappa shape index (κ1) is 25.5. The molecule has 2 aromatic carbocycles. The Morgan fingerprint density at radius 3 is 2.31 bits per heavy atom. The topological polar surface area (TPSA) is 99.0 Å². The van der Waals surface area contributed by atoms with Crippen molar-refractivity contribution in [2.24, 2.45) is 0 Å². The van der Waals surface area contributed by atoms with Gasteiger partial charge in [-0.25, -0.2) is 9.78 Å². The fourth-order valence-corrected chi connectivity index (χ4v) is 4.04. The van der Waals surface area contributed by atoms with Crippen LogP contribution in [-0.4, -0.2) is 65.2 Å². The summed E-state index contributed by atoms with van der Waals surface area (Å²) in [4.78, 5) is 23.1. The van der Waals surface area contributed by atoms with Crippen LogP contribution in [0.3, 0.4) is 0 Å². The molecular weight excluding hydrogens is 501 g/mol. The average molecular weight is 523 g/mol. The Hall–Kier alpha value is -3.57. The van der Waals surface area contributed by atoms with Gasteiger partial charge in [0.05, 0.1) is 18.9 Å². The van der Waals surface area contributed by atoms with Gasteiger partial charge in [-0.2, -0.15) is 18.2 Å². The Balaban J connectivity index is 0.000000384. The number of ether oxygens (including phenoxy) is 1. The number of carboxylic acid groups (broad SMARTS) is 1. The number of alkyl halides is 3. The van der Waals surface area contributed by atoms with Crippen LogP contribution in [-0.2, 0) is 16.0 Å². The van der Waals surface area contributed by atoms with Crippen LogP contribution in [0.15, 0.2) is 48.5 Å². The van der Waals surface area contributed by atoms with Crippen molar-refractivity contribution < 1.29 is 32.9 Å². The van der Waals surface area contributed by atoms with Gasteiger partial charge in [0.1, 0.15) is 11.6 Å². The molecule has 0 atom stereocenters. The van der Waals surface area contributed by atoms with E-state index in [0.717, 1.165) is 54.4 Å². The van der Waals surface area contributed by atoms with Gasteiger partial charge in [0.2, 0.25) is 5.95 Å². The third-order valence-corrected chi connectivity index (χ3v) is 5.86. The predicted octanol–water partition coefficient (Wildman–Crippen LogP) is 4.67. The van der Waals surface area contributed by atoms with Crippen molar-refractivity contribution in [3.05, 3.63) is 59.1 Å². The van der Waals surface area contributed by atoms with Crippen LogP contribution in [0.4, 0.5) is 30.6 Å². The summed E-state index contributed by atoms with van der Waals surface area (Å²) < 4.78 is 37.2. The molecule has 0 spiro atoms. The van der Waals surface area contributed by atoms with Gasteiger partial charge in [-0.15, -0.1) is 0 Å². The molecule has 2 aliphatic rings. The van der Waals surface area contributed by atoms with Crippen molar-refractivity contribution in [3.63, 3.8) is 0 Å². The van der Waals surface area contributed by atoms with E-state index in [1.54, 1.807) is 12.1 Å². The summed E-state index contributed by atoms with van der Waals surface area (Å²) in [7, 11) is 0. The standard InChI is InChI=1S/C22H21ClN4O2.C2HF3O2/c23-16-4-6-17(7-5-16)27-9-8-19-20(15-2-1-3-18(28)14-15)24-22(25-21(19)27)26-10-12-29-13-11-26;3-2(4,5)1(6)7/h1-7,14,28H,8-13H2;(H,6,7). The number of nitrogens with zero attached hydrogens (tertiary/aromatic N) is 4. The number of carbonyl (C=O) groups is 1. The van der Waals surface area contributed by atoms with Gasteiger partial charge in [-0.3, -0.25) is 0 Å². The highest BCUT2D eigenvalue weighted by molar-refractivity contribution is 6.30. The van der Waals surface area contributed by atoms with E-state index in [2.05, 4.69) is 9.80 Å². The van der Waals surface area contributed by atoms with Crippen LogP contribution >= 0.6 is 11.6 Å². The molecule has 0 radical (unpaired) electrons. The molecule has 1 aromatic heterocycles. The van der Waals surface area contributed by atoms with Crippen molar-refractivity contribution >= 4 is 35.0 Å². The average Bonchev–Trinajstić information content (AvgIpc) is 3.28. The normalized spacial score (nSPS) is 15.2. The number of fused-ring (bicyclic) bond motifs is 1.